The van der Waals surface area contributed by atoms with Gasteiger partial charge in [-0.2, -0.15) is 0 Å². The Kier molecular flexibility index (Phi) is 1.53. The van der Waals surface area contributed by atoms with Gasteiger partial charge in [0.1, 0.15) is 0 Å². The van der Waals surface area contributed by atoms with Crippen LogP contribution in [0.3, 0.4) is 0 Å². The van der Waals surface area contributed by atoms with Crippen molar-refractivity contribution in [1.82, 2.24) is 4.90 Å². The summed E-state index contributed by atoms with van der Waals surface area (Å²) in [6, 6.07) is 0.355. The third-order valence-corrected chi connectivity index (χ3v) is 2.15. The summed E-state index contributed by atoms with van der Waals surface area (Å²) in [5, 5.41) is 0. The van der Waals surface area contributed by atoms with E-state index in [0.717, 1.165) is 13.1 Å². The van der Waals surface area contributed by atoms with Gasteiger partial charge in [0.25, 0.3) is 0 Å². The largest absolute Gasteiger partial charge is 0.364 e. The summed E-state index contributed by atoms with van der Waals surface area (Å²) in [7, 11) is 0. The first kappa shape index (κ1) is 6.65. The van der Waals surface area contributed by atoms with E-state index in [4.69, 9.17) is 0 Å². The number of hydrogen-bond donors (Lipinski definition) is 0. The molecule has 0 aromatic carbocycles. The Labute approximate surface area is 66.9 Å². The van der Waals surface area contributed by atoms with Gasteiger partial charge in [-0.05, 0) is 13.0 Å². The molecule has 0 saturated heterocycles. The summed E-state index contributed by atoms with van der Waals surface area (Å²) in [6.45, 7) is 4.15. The zero-order valence-corrected chi connectivity index (χ0v) is 6.70. The molecule has 58 valence electrons. The fraction of sp³-hybridized carbons (Fsp3) is 0.444. The van der Waals surface area contributed by atoms with Gasteiger partial charge in [-0.1, -0.05) is 12.2 Å². The Balaban J connectivity index is 2.29. The number of aliphatic imine (C=N–C) groups is 1. The first-order chi connectivity index (χ1) is 5.38. The quantitative estimate of drug-likeness (QED) is 0.504. The summed E-state index contributed by atoms with van der Waals surface area (Å²) in [4.78, 5) is 6.69. The Bertz CT molecular complexity index is 238. The van der Waals surface area contributed by atoms with E-state index < -0.39 is 0 Å². The van der Waals surface area contributed by atoms with Crippen molar-refractivity contribution in [3.63, 3.8) is 0 Å². The highest BCUT2D eigenvalue weighted by Crippen LogP contribution is 2.18. The van der Waals surface area contributed by atoms with Crippen molar-refractivity contribution in [2.75, 3.05) is 13.1 Å². The molecule has 0 spiro atoms. The van der Waals surface area contributed by atoms with E-state index in [-0.39, 0.29) is 0 Å². The Hall–Kier alpha value is -1.05. The predicted octanol–water partition coefficient (Wildman–Crippen LogP) is 1.22. The average Bonchev–Trinajstić information content (AvgIpc) is 2.06. The van der Waals surface area contributed by atoms with Crippen molar-refractivity contribution in [1.29, 1.82) is 0 Å². The number of rotatable bonds is 0. The van der Waals surface area contributed by atoms with Crippen molar-refractivity contribution in [2.24, 2.45) is 4.99 Å². The molecule has 0 bridgehead atoms. The molecule has 0 aliphatic carbocycles. The maximum atomic E-state index is 4.35. The molecular weight excluding hydrogens is 136 g/mol. The highest BCUT2D eigenvalue weighted by molar-refractivity contribution is 5.63. The average molecular weight is 148 g/mol. The molecule has 2 aliphatic rings. The van der Waals surface area contributed by atoms with Crippen LogP contribution in [0.15, 0.2) is 28.9 Å². The minimum absolute atomic E-state index is 0.355. The van der Waals surface area contributed by atoms with E-state index in [1.165, 1.54) is 5.70 Å². The summed E-state index contributed by atoms with van der Waals surface area (Å²) < 4.78 is 0. The lowest BCUT2D eigenvalue weighted by molar-refractivity contribution is 0.389. The number of fused-ring (bicyclic) bond motifs is 1. The summed E-state index contributed by atoms with van der Waals surface area (Å²) in [5.74, 6) is 0. The van der Waals surface area contributed by atoms with E-state index >= 15 is 0 Å². The van der Waals surface area contributed by atoms with Crippen LogP contribution in [0, 0.1) is 0 Å². The van der Waals surface area contributed by atoms with Crippen LogP contribution in [0.2, 0.25) is 0 Å². The molecule has 1 unspecified atom stereocenters. The van der Waals surface area contributed by atoms with Crippen LogP contribution in [-0.2, 0) is 0 Å². The van der Waals surface area contributed by atoms with E-state index in [1.807, 2.05) is 6.21 Å². The number of hydrogen-bond acceptors (Lipinski definition) is 2. The normalized spacial score (nSPS) is 28.3. The highest BCUT2D eigenvalue weighted by atomic mass is 15.2. The summed E-state index contributed by atoms with van der Waals surface area (Å²) in [5.41, 5.74) is 1.36. The van der Waals surface area contributed by atoms with Crippen LogP contribution in [0.1, 0.15) is 6.92 Å². The van der Waals surface area contributed by atoms with Crippen LogP contribution in [0.4, 0.5) is 0 Å². The van der Waals surface area contributed by atoms with Crippen LogP contribution in [0.25, 0.3) is 0 Å². The van der Waals surface area contributed by atoms with Gasteiger partial charge >= 0.3 is 0 Å². The second-order valence-corrected chi connectivity index (χ2v) is 2.93. The van der Waals surface area contributed by atoms with Crippen LogP contribution >= 0.6 is 0 Å². The first-order valence-electron chi connectivity index (χ1n) is 4.01. The van der Waals surface area contributed by atoms with E-state index in [0.29, 0.717) is 6.04 Å². The fourth-order valence-electron chi connectivity index (χ4n) is 1.53. The number of nitrogens with zero attached hydrogens (tertiary/aromatic N) is 2. The van der Waals surface area contributed by atoms with Gasteiger partial charge in [0, 0.05) is 18.5 Å². The van der Waals surface area contributed by atoms with Gasteiger partial charge in [0.15, 0.2) is 0 Å². The van der Waals surface area contributed by atoms with Crippen molar-refractivity contribution in [3.8, 4) is 0 Å². The van der Waals surface area contributed by atoms with Crippen LogP contribution in [-0.4, -0.2) is 30.2 Å². The lowest BCUT2D eigenvalue weighted by Gasteiger charge is -2.32. The van der Waals surface area contributed by atoms with Crippen molar-refractivity contribution >= 4 is 6.21 Å². The van der Waals surface area contributed by atoms with Crippen molar-refractivity contribution < 1.29 is 0 Å². The van der Waals surface area contributed by atoms with E-state index in [9.17, 15) is 0 Å². The second kappa shape index (κ2) is 2.53. The van der Waals surface area contributed by atoms with Gasteiger partial charge in [-0.15, -0.1) is 0 Å². The lowest BCUT2D eigenvalue weighted by atomic mass is 10.1. The van der Waals surface area contributed by atoms with Crippen LogP contribution in [0.5, 0.6) is 0 Å². The Morgan fingerprint density at radius 2 is 2.45 bits per heavy atom. The van der Waals surface area contributed by atoms with E-state index in [2.05, 4.69) is 35.0 Å². The van der Waals surface area contributed by atoms with Crippen molar-refractivity contribution in [3.05, 3.63) is 23.9 Å². The van der Waals surface area contributed by atoms with Gasteiger partial charge in [-0.3, -0.25) is 4.99 Å². The minimum atomic E-state index is 0.355. The molecule has 0 aromatic rings. The molecule has 2 nitrogen and oxygen atoms in total. The zero-order valence-electron chi connectivity index (χ0n) is 6.70. The first-order valence-corrected chi connectivity index (χ1v) is 4.01. The molecule has 0 radical (unpaired) electrons. The molecule has 1 atom stereocenters. The maximum Gasteiger partial charge on any atom is 0.0865 e. The molecule has 0 amide bonds. The molecular formula is C9H12N2. The molecule has 2 rings (SSSR count). The smallest absolute Gasteiger partial charge is 0.0865 e. The fourth-order valence-corrected chi connectivity index (χ4v) is 1.53. The molecule has 0 N–H and O–H groups in total. The maximum absolute atomic E-state index is 4.35. The topological polar surface area (TPSA) is 15.6 Å². The third-order valence-electron chi connectivity index (χ3n) is 2.15. The Morgan fingerprint density at radius 1 is 1.55 bits per heavy atom. The molecule has 0 saturated carbocycles. The zero-order chi connectivity index (χ0) is 7.68. The molecule has 2 heteroatoms. The summed E-state index contributed by atoms with van der Waals surface area (Å²) >= 11 is 0. The van der Waals surface area contributed by atoms with Gasteiger partial charge in [0.2, 0.25) is 0 Å². The van der Waals surface area contributed by atoms with Gasteiger partial charge in [0.05, 0.1) is 12.6 Å². The van der Waals surface area contributed by atoms with Crippen molar-refractivity contribution in [2.45, 2.75) is 13.0 Å². The molecule has 2 heterocycles. The molecule has 2 aliphatic heterocycles. The Morgan fingerprint density at radius 3 is 3.27 bits per heavy atom. The lowest BCUT2D eigenvalue weighted by Crippen LogP contribution is -2.35. The second-order valence-electron chi connectivity index (χ2n) is 2.93. The third kappa shape index (κ3) is 1.09. The minimum Gasteiger partial charge on any atom is -0.364 e. The van der Waals surface area contributed by atoms with Gasteiger partial charge < -0.3 is 4.90 Å². The van der Waals surface area contributed by atoms with E-state index in [1.54, 1.807) is 0 Å². The SMILES string of the molecule is CC1N=CCN2CC=CC=C12. The molecule has 0 fully saturated rings. The molecule has 0 aromatic heterocycles. The van der Waals surface area contributed by atoms with Crippen LogP contribution < -0.4 is 0 Å². The highest BCUT2D eigenvalue weighted by Gasteiger charge is 2.17. The predicted molar refractivity (Wildman–Crippen MR) is 46.8 cm³/mol. The standard InChI is InChI=1S/C9H12N2/c1-8-9-4-2-3-6-11(9)7-5-10-8/h2-5,8H,6-7H2,1H3. The monoisotopic (exact) mass is 148 g/mol. The van der Waals surface area contributed by atoms with Gasteiger partial charge in [-0.25, -0.2) is 0 Å². The molecule has 11 heavy (non-hydrogen) atoms. The summed E-state index contributed by atoms with van der Waals surface area (Å²) in [6.07, 6.45) is 8.45. The number of allylic oxidation sites excluding steroid dienone is 2.